The first-order valence-corrected chi connectivity index (χ1v) is 8.46. The molecule has 1 atom stereocenters. The van der Waals surface area contributed by atoms with E-state index in [0.717, 1.165) is 13.1 Å². The highest BCUT2D eigenvalue weighted by molar-refractivity contribution is 8.00. The second kappa shape index (κ2) is 5.85. The fourth-order valence-corrected chi connectivity index (χ4v) is 4.63. The summed E-state index contributed by atoms with van der Waals surface area (Å²) in [7, 11) is 4.16. The van der Waals surface area contributed by atoms with E-state index in [1.165, 1.54) is 5.56 Å². The molecule has 3 nitrogen and oxygen atoms in total. The minimum Gasteiger partial charge on any atom is -0.325 e. The summed E-state index contributed by atoms with van der Waals surface area (Å²) in [5.41, 5.74) is 1.37. The summed E-state index contributed by atoms with van der Waals surface area (Å²) in [5, 5.41) is 4.45. The molecule has 1 unspecified atom stereocenters. The molecule has 0 N–H and O–H groups in total. The van der Waals surface area contributed by atoms with Crippen molar-refractivity contribution in [1.82, 2.24) is 9.80 Å². The summed E-state index contributed by atoms with van der Waals surface area (Å²) in [6.07, 6.45) is 0. The van der Waals surface area contributed by atoms with E-state index in [2.05, 4.69) is 54.6 Å². The first-order valence-electron chi connectivity index (χ1n) is 6.47. The number of carbonyl (C=O) groups excluding carboxylic acids is 1. The Labute approximate surface area is 124 Å². The normalized spacial score (nSPS) is 20.6. The van der Waals surface area contributed by atoms with Gasteiger partial charge in [0.15, 0.2) is 0 Å². The maximum atomic E-state index is 12.1. The number of nitrogens with zero attached hydrogens (tertiary/aromatic N) is 2. The van der Waals surface area contributed by atoms with Crippen molar-refractivity contribution in [2.75, 3.05) is 32.9 Å². The maximum Gasteiger partial charge on any atom is 0.233 e. The van der Waals surface area contributed by atoms with Gasteiger partial charge in [0.2, 0.25) is 5.91 Å². The number of thioether (sulfide) groups is 1. The zero-order valence-corrected chi connectivity index (χ0v) is 13.7. The van der Waals surface area contributed by atoms with Crippen molar-refractivity contribution < 1.29 is 4.79 Å². The monoisotopic (exact) mass is 298 g/mol. The van der Waals surface area contributed by atoms with E-state index in [1.807, 2.05) is 0 Å². The third-order valence-corrected chi connectivity index (χ3v) is 5.10. The van der Waals surface area contributed by atoms with Crippen LogP contribution in [0.3, 0.4) is 0 Å². The van der Waals surface area contributed by atoms with Gasteiger partial charge in [-0.15, -0.1) is 11.8 Å². The summed E-state index contributed by atoms with van der Waals surface area (Å²) >= 11 is 3.44. The van der Waals surface area contributed by atoms with E-state index in [-0.39, 0.29) is 16.7 Å². The second-order valence-electron chi connectivity index (χ2n) is 6.14. The number of hydrogen-bond acceptors (Lipinski definition) is 4. The molecule has 0 spiro atoms. The highest BCUT2D eigenvalue weighted by atomic mass is 32.2. The van der Waals surface area contributed by atoms with Crippen LogP contribution in [0.1, 0.15) is 24.8 Å². The predicted molar refractivity (Wildman–Crippen MR) is 83.6 cm³/mol. The van der Waals surface area contributed by atoms with Crippen molar-refractivity contribution in [2.24, 2.45) is 5.41 Å². The number of hydrogen-bond donors (Lipinski definition) is 0. The molecule has 1 aromatic rings. The van der Waals surface area contributed by atoms with Crippen LogP contribution in [0, 0.1) is 5.41 Å². The fraction of sp³-hybridized carbons (Fsp3) is 0.643. The fourth-order valence-electron chi connectivity index (χ4n) is 2.68. The van der Waals surface area contributed by atoms with E-state index in [9.17, 15) is 4.79 Å². The summed E-state index contributed by atoms with van der Waals surface area (Å²) < 4.78 is 0. The Hall–Kier alpha value is -0.520. The van der Waals surface area contributed by atoms with E-state index in [1.54, 1.807) is 23.1 Å². The van der Waals surface area contributed by atoms with Crippen LogP contribution in [0.2, 0.25) is 0 Å². The molecule has 0 aromatic carbocycles. The van der Waals surface area contributed by atoms with Gasteiger partial charge in [-0.2, -0.15) is 11.3 Å². The average Bonchev–Trinajstić information content (AvgIpc) is 2.87. The average molecular weight is 298 g/mol. The topological polar surface area (TPSA) is 23.6 Å². The van der Waals surface area contributed by atoms with Crippen LogP contribution in [-0.2, 0) is 4.79 Å². The van der Waals surface area contributed by atoms with Crippen LogP contribution in [-0.4, -0.2) is 48.6 Å². The second-order valence-corrected chi connectivity index (χ2v) is 7.99. The van der Waals surface area contributed by atoms with Gasteiger partial charge in [-0.1, -0.05) is 13.8 Å². The number of carbonyl (C=O) groups is 1. The highest BCUT2D eigenvalue weighted by Gasteiger charge is 2.36. The van der Waals surface area contributed by atoms with Gasteiger partial charge in [0.05, 0.1) is 5.75 Å². The van der Waals surface area contributed by atoms with Gasteiger partial charge < -0.3 is 9.80 Å². The lowest BCUT2D eigenvalue weighted by atomic mass is 9.92. The molecule has 0 radical (unpaired) electrons. The molecule has 2 rings (SSSR count). The van der Waals surface area contributed by atoms with Gasteiger partial charge in [-0.25, -0.2) is 0 Å². The Kier molecular flexibility index (Phi) is 4.58. The van der Waals surface area contributed by atoms with Crippen molar-refractivity contribution in [3.8, 4) is 0 Å². The molecular formula is C14H22N2OS2. The van der Waals surface area contributed by atoms with Gasteiger partial charge in [0.1, 0.15) is 5.37 Å². The SMILES string of the molecule is CN(C)CC(C)(C)CN1C(=O)CSC1c1ccsc1. The lowest BCUT2D eigenvalue weighted by Crippen LogP contribution is -2.41. The smallest absolute Gasteiger partial charge is 0.233 e. The zero-order valence-electron chi connectivity index (χ0n) is 12.0. The molecule has 0 saturated carbocycles. The number of thiophene rings is 1. The molecule has 1 aliphatic heterocycles. The lowest BCUT2D eigenvalue weighted by molar-refractivity contribution is -0.129. The zero-order chi connectivity index (χ0) is 14.0. The molecule has 5 heteroatoms. The van der Waals surface area contributed by atoms with Gasteiger partial charge >= 0.3 is 0 Å². The molecule has 1 aliphatic rings. The molecule has 19 heavy (non-hydrogen) atoms. The van der Waals surface area contributed by atoms with Crippen LogP contribution < -0.4 is 0 Å². The molecule has 106 valence electrons. The maximum absolute atomic E-state index is 12.1. The van der Waals surface area contributed by atoms with E-state index < -0.39 is 0 Å². The Morgan fingerprint density at radius 3 is 2.79 bits per heavy atom. The van der Waals surface area contributed by atoms with Crippen molar-refractivity contribution in [3.63, 3.8) is 0 Å². The summed E-state index contributed by atoms with van der Waals surface area (Å²) in [6.45, 7) is 6.26. The molecule has 1 amide bonds. The van der Waals surface area contributed by atoms with Crippen LogP contribution in [0.4, 0.5) is 0 Å². The van der Waals surface area contributed by atoms with Crippen LogP contribution in [0.25, 0.3) is 0 Å². The van der Waals surface area contributed by atoms with Crippen molar-refractivity contribution >= 4 is 29.0 Å². The standard InChI is InChI=1S/C14H22N2OS2/c1-14(2,9-15(3)4)10-16-12(17)8-19-13(16)11-5-6-18-7-11/h5-7,13H,8-10H2,1-4H3. The summed E-state index contributed by atoms with van der Waals surface area (Å²) in [6, 6.07) is 2.13. The molecule has 1 saturated heterocycles. The molecule has 1 fully saturated rings. The Bertz CT molecular complexity index is 429. The van der Waals surface area contributed by atoms with Gasteiger partial charge in [-0.05, 0) is 41.9 Å². The third kappa shape index (κ3) is 3.74. The summed E-state index contributed by atoms with van der Waals surface area (Å²) in [5.74, 6) is 0.881. The van der Waals surface area contributed by atoms with Crippen molar-refractivity contribution in [3.05, 3.63) is 22.4 Å². The first kappa shape index (κ1) is 14.9. The number of rotatable bonds is 5. The Balaban J connectivity index is 2.10. The molecule has 2 heterocycles. The third-order valence-electron chi connectivity index (χ3n) is 3.14. The van der Waals surface area contributed by atoms with E-state index in [4.69, 9.17) is 0 Å². The predicted octanol–water partition coefficient (Wildman–Crippen LogP) is 2.91. The quantitative estimate of drug-likeness (QED) is 0.835. The van der Waals surface area contributed by atoms with E-state index in [0.29, 0.717) is 5.75 Å². The number of amides is 1. The minimum atomic E-state index is 0.109. The highest BCUT2D eigenvalue weighted by Crippen LogP contribution is 2.41. The lowest BCUT2D eigenvalue weighted by Gasteiger charge is -2.35. The summed E-state index contributed by atoms with van der Waals surface area (Å²) in [4.78, 5) is 16.4. The Morgan fingerprint density at radius 2 is 2.21 bits per heavy atom. The van der Waals surface area contributed by atoms with Crippen LogP contribution in [0.15, 0.2) is 16.8 Å². The van der Waals surface area contributed by atoms with Gasteiger partial charge in [0.25, 0.3) is 0 Å². The first-order chi connectivity index (χ1) is 8.89. The largest absolute Gasteiger partial charge is 0.325 e. The minimum absolute atomic E-state index is 0.109. The van der Waals surface area contributed by atoms with Crippen molar-refractivity contribution in [1.29, 1.82) is 0 Å². The van der Waals surface area contributed by atoms with Crippen LogP contribution in [0.5, 0.6) is 0 Å². The van der Waals surface area contributed by atoms with Gasteiger partial charge in [0, 0.05) is 13.1 Å². The van der Waals surface area contributed by atoms with Gasteiger partial charge in [-0.3, -0.25) is 4.79 Å². The molecule has 0 aliphatic carbocycles. The molecule has 0 bridgehead atoms. The van der Waals surface area contributed by atoms with E-state index >= 15 is 0 Å². The van der Waals surface area contributed by atoms with Crippen molar-refractivity contribution in [2.45, 2.75) is 19.2 Å². The Morgan fingerprint density at radius 1 is 1.47 bits per heavy atom. The molecule has 1 aromatic heterocycles. The van der Waals surface area contributed by atoms with Crippen LogP contribution >= 0.6 is 23.1 Å². The molecular weight excluding hydrogens is 276 g/mol.